The number of guanidine groups is 1. The molecule has 1 saturated carbocycles. The third kappa shape index (κ3) is 4.03. The number of hydrogen-bond donors (Lipinski definition) is 3. The Morgan fingerprint density at radius 1 is 1.29 bits per heavy atom. The van der Waals surface area contributed by atoms with Crippen LogP contribution in [0.4, 0.5) is 4.39 Å². The van der Waals surface area contributed by atoms with Crippen LogP contribution in [0, 0.1) is 5.82 Å². The summed E-state index contributed by atoms with van der Waals surface area (Å²) in [5, 5.41) is 17.0. The van der Waals surface area contributed by atoms with Gasteiger partial charge in [-0.25, -0.2) is 4.39 Å². The Labute approximate surface area is 147 Å². The standard InChI is InChI=1S/C18H26FN3OS/c1-2-20-16(22-12-18(23)9-10-24-13-18)21-11-17(7-8-17)14-5-3-4-6-15(14)19/h3-6,23H,2,7-13H2,1H3,(H2,20,21,22). The molecule has 3 N–H and O–H groups in total. The first kappa shape index (κ1) is 17.5. The molecule has 1 aromatic carbocycles. The number of thioether (sulfide) groups is 1. The minimum atomic E-state index is -0.685. The third-order valence-corrected chi connectivity index (χ3v) is 6.09. The number of aliphatic imine (C=N–C) groups is 1. The highest BCUT2D eigenvalue weighted by Gasteiger charge is 2.45. The van der Waals surface area contributed by atoms with Crippen LogP contribution in [0.1, 0.15) is 31.7 Å². The van der Waals surface area contributed by atoms with Crippen molar-refractivity contribution < 1.29 is 9.50 Å². The van der Waals surface area contributed by atoms with Gasteiger partial charge in [0.05, 0.1) is 12.1 Å². The van der Waals surface area contributed by atoms with Crippen LogP contribution in [0.2, 0.25) is 0 Å². The molecule has 24 heavy (non-hydrogen) atoms. The van der Waals surface area contributed by atoms with E-state index in [1.54, 1.807) is 17.8 Å². The average Bonchev–Trinajstić information content (AvgIpc) is 3.24. The van der Waals surface area contributed by atoms with Crippen LogP contribution >= 0.6 is 11.8 Å². The molecule has 1 heterocycles. The SMILES string of the molecule is CCNC(=NCC1(O)CCSC1)NCC1(c2ccccc2F)CC1. The quantitative estimate of drug-likeness (QED) is 0.544. The lowest BCUT2D eigenvalue weighted by atomic mass is 9.95. The molecule has 1 unspecified atom stereocenters. The average molecular weight is 351 g/mol. The second-order valence-corrected chi connectivity index (χ2v) is 7.94. The van der Waals surface area contributed by atoms with Crippen LogP contribution in [0.25, 0.3) is 0 Å². The van der Waals surface area contributed by atoms with Gasteiger partial charge in [-0.2, -0.15) is 11.8 Å². The molecule has 1 saturated heterocycles. The summed E-state index contributed by atoms with van der Waals surface area (Å²) in [4.78, 5) is 4.55. The summed E-state index contributed by atoms with van der Waals surface area (Å²) in [5.41, 5.74) is -0.0172. The van der Waals surface area contributed by atoms with E-state index >= 15 is 0 Å². The molecule has 0 radical (unpaired) electrons. The van der Waals surface area contributed by atoms with Crippen molar-refractivity contribution in [2.45, 2.75) is 37.2 Å². The Morgan fingerprint density at radius 2 is 2.08 bits per heavy atom. The van der Waals surface area contributed by atoms with Crippen molar-refractivity contribution in [1.82, 2.24) is 10.6 Å². The van der Waals surface area contributed by atoms with Crippen molar-refractivity contribution >= 4 is 17.7 Å². The van der Waals surface area contributed by atoms with Gasteiger partial charge in [0.1, 0.15) is 5.82 Å². The molecular weight excluding hydrogens is 325 g/mol. The van der Waals surface area contributed by atoms with E-state index in [-0.39, 0.29) is 11.2 Å². The smallest absolute Gasteiger partial charge is 0.191 e. The maximum absolute atomic E-state index is 14.1. The molecule has 1 aromatic rings. The molecule has 4 nitrogen and oxygen atoms in total. The summed E-state index contributed by atoms with van der Waals surface area (Å²) in [6.45, 7) is 3.84. The van der Waals surface area contributed by atoms with Crippen LogP contribution in [-0.4, -0.2) is 47.8 Å². The van der Waals surface area contributed by atoms with E-state index in [1.165, 1.54) is 6.07 Å². The van der Waals surface area contributed by atoms with Crippen molar-refractivity contribution in [3.8, 4) is 0 Å². The Morgan fingerprint density at radius 3 is 2.71 bits per heavy atom. The van der Waals surface area contributed by atoms with E-state index in [0.717, 1.165) is 42.9 Å². The molecular formula is C18H26FN3OS. The van der Waals surface area contributed by atoms with E-state index in [1.807, 2.05) is 19.1 Å². The Balaban J connectivity index is 1.63. The van der Waals surface area contributed by atoms with Gasteiger partial charge in [-0.05, 0) is 43.6 Å². The Kier molecular flexibility index (Phi) is 5.35. The number of halogens is 1. The minimum Gasteiger partial charge on any atom is -0.387 e. The van der Waals surface area contributed by atoms with Crippen molar-refractivity contribution in [3.63, 3.8) is 0 Å². The normalized spacial score (nSPS) is 25.5. The van der Waals surface area contributed by atoms with Crippen molar-refractivity contribution in [2.75, 3.05) is 31.1 Å². The molecule has 2 aliphatic rings. The number of rotatable bonds is 6. The zero-order valence-corrected chi connectivity index (χ0v) is 15.0. The van der Waals surface area contributed by atoms with Gasteiger partial charge in [0, 0.05) is 24.3 Å². The number of benzene rings is 1. The molecule has 132 valence electrons. The maximum atomic E-state index is 14.1. The van der Waals surface area contributed by atoms with Gasteiger partial charge in [-0.15, -0.1) is 0 Å². The number of nitrogens with one attached hydrogen (secondary N) is 2. The molecule has 0 spiro atoms. The first-order chi connectivity index (χ1) is 11.6. The fourth-order valence-electron chi connectivity index (χ4n) is 3.13. The predicted octanol–water partition coefficient (Wildman–Crippen LogP) is 2.28. The topological polar surface area (TPSA) is 56.7 Å². The number of nitrogens with zero attached hydrogens (tertiary/aromatic N) is 1. The zero-order valence-electron chi connectivity index (χ0n) is 14.1. The molecule has 0 bridgehead atoms. The van der Waals surface area contributed by atoms with Crippen molar-refractivity contribution in [1.29, 1.82) is 0 Å². The summed E-state index contributed by atoms with van der Waals surface area (Å²) in [6.07, 6.45) is 2.77. The highest BCUT2D eigenvalue weighted by Crippen LogP contribution is 2.48. The van der Waals surface area contributed by atoms with Crippen molar-refractivity contribution in [2.24, 2.45) is 4.99 Å². The van der Waals surface area contributed by atoms with Crippen LogP contribution in [-0.2, 0) is 5.41 Å². The fourth-order valence-corrected chi connectivity index (χ4v) is 4.41. The zero-order chi connectivity index (χ0) is 17.0. The molecule has 6 heteroatoms. The van der Waals surface area contributed by atoms with Gasteiger partial charge in [-0.3, -0.25) is 4.99 Å². The summed E-state index contributed by atoms with van der Waals surface area (Å²) >= 11 is 1.77. The van der Waals surface area contributed by atoms with Gasteiger partial charge < -0.3 is 15.7 Å². The van der Waals surface area contributed by atoms with Crippen LogP contribution in [0.5, 0.6) is 0 Å². The molecule has 3 rings (SSSR count). The maximum Gasteiger partial charge on any atom is 0.191 e. The lowest BCUT2D eigenvalue weighted by Gasteiger charge is -2.22. The molecule has 1 aliphatic heterocycles. The second kappa shape index (κ2) is 7.31. The Bertz CT molecular complexity index is 598. The van der Waals surface area contributed by atoms with E-state index in [2.05, 4.69) is 15.6 Å². The highest BCUT2D eigenvalue weighted by atomic mass is 32.2. The second-order valence-electron chi connectivity index (χ2n) is 6.84. The summed E-state index contributed by atoms with van der Waals surface area (Å²) in [6, 6.07) is 7.04. The summed E-state index contributed by atoms with van der Waals surface area (Å²) < 4.78 is 14.1. The first-order valence-electron chi connectivity index (χ1n) is 8.64. The Hall–Kier alpha value is -1.27. The number of hydrogen-bond acceptors (Lipinski definition) is 3. The van der Waals surface area contributed by atoms with Gasteiger partial charge in [-0.1, -0.05) is 18.2 Å². The van der Waals surface area contributed by atoms with Gasteiger partial charge in [0.25, 0.3) is 0 Å². The molecule has 0 amide bonds. The molecule has 0 aromatic heterocycles. The number of aliphatic hydroxyl groups is 1. The summed E-state index contributed by atoms with van der Waals surface area (Å²) in [7, 11) is 0. The largest absolute Gasteiger partial charge is 0.387 e. The van der Waals surface area contributed by atoms with Gasteiger partial charge >= 0.3 is 0 Å². The minimum absolute atomic E-state index is 0.123. The lowest BCUT2D eigenvalue weighted by Crippen LogP contribution is -2.43. The molecule has 2 fully saturated rings. The van der Waals surface area contributed by atoms with Crippen LogP contribution in [0.3, 0.4) is 0 Å². The van der Waals surface area contributed by atoms with Gasteiger partial charge in [0.2, 0.25) is 0 Å². The first-order valence-corrected chi connectivity index (χ1v) is 9.80. The predicted molar refractivity (Wildman–Crippen MR) is 98.2 cm³/mol. The fraction of sp³-hybridized carbons (Fsp3) is 0.611. The van der Waals surface area contributed by atoms with E-state index < -0.39 is 5.60 Å². The summed E-state index contributed by atoms with van der Waals surface area (Å²) in [5.74, 6) is 2.31. The monoisotopic (exact) mass is 351 g/mol. The highest BCUT2D eigenvalue weighted by molar-refractivity contribution is 7.99. The van der Waals surface area contributed by atoms with E-state index in [0.29, 0.717) is 19.0 Å². The van der Waals surface area contributed by atoms with Crippen molar-refractivity contribution in [3.05, 3.63) is 35.6 Å². The van der Waals surface area contributed by atoms with E-state index in [4.69, 9.17) is 0 Å². The van der Waals surface area contributed by atoms with Crippen LogP contribution in [0.15, 0.2) is 29.3 Å². The lowest BCUT2D eigenvalue weighted by molar-refractivity contribution is 0.0778. The molecule has 1 aliphatic carbocycles. The third-order valence-electron chi connectivity index (χ3n) is 4.85. The van der Waals surface area contributed by atoms with Crippen LogP contribution < -0.4 is 10.6 Å². The van der Waals surface area contributed by atoms with Gasteiger partial charge in [0.15, 0.2) is 5.96 Å². The van der Waals surface area contributed by atoms with E-state index in [9.17, 15) is 9.50 Å². The molecule has 1 atom stereocenters.